The minimum absolute atomic E-state index is 0.618. The van der Waals surface area contributed by atoms with Gasteiger partial charge in [0.2, 0.25) is 0 Å². The minimum Gasteiger partial charge on any atom is -0.329 e. The Balaban J connectivity index is 2.48. The Morgan fingerprint density at radius 3 is 2.73 bits per heavy atom. The first kappa shape index (κ1) is 13.0. The number of hydrogen-bond acceptors (Lipinski definition) is 2. The Kier molecular flexibility index (Phi) is 5.62. The van der Waals surface area contributed by atoms with Gasteiger partial charge in [-0.2, -0.15) is 0 Å². The molecular weight excluding hydrogens is 184 g/mol. The van der Waals surface area contributed by atoms with Gasteiger partial charge in [0.1, 0.15) is 0 Å². The van der Waals surface area contributed by atoms with Crippen molar-refractivity contribution in [2.75, 3.05) is 19.6 Å². The van der Waals surface area contributed by atoms with Crippen molar-refractivity contribution in [1.82, 2.24) is 4.90 Å². The molecule has 3 unspecified atom stereocenters. The number of piperidine rings is 1. The van der Waals surface area contributed by atoms with Gasteiger partial charge in [0, 0.05) is 19.1 Å². The number of likely N-dealkylation sites (tertiary alicyclic amines) is 1. The zero-order valence-electron chi connectivity index (χ0n) is 10.7. The second-order valence-electron chi connectivity index (χ2n) is 5.31. The van der Waals surface area contributed by atoms with E-state index in [2.05, 4.69) is 25.7 Å². The van der Waals surface area contributed by atoms with Crippen molar-refractivity contribution in [3.8, 4) is 0 Å². The SMILES string of the molecule is CCCC(C)C(CN)N1CCCC(C)C1. The molecule has 0 radical (unpaired) electrons. The Bertz CT molecular complexity index is 170. The fourth-order valence-corrected chi connectivity index (χ4v) is 2.92. The predicted octanol–water partition coefficient (Wildman–Crippen LogP) is 2.48. The van der Waals surface area contributed by atoms with E-state index in [1.54, 1.807) is 0 Å². The molecule has 3 atom stereocenters. The minimum atomic E-state index is 0.618. The molecule has 1 aliphatic rings. The van der Waals surface area contributed by atoms with Crippen LogP contribution in [0.2, 0.25) is 0 Å². The standard InChI is InChI=1S/C13H28N2/c1-4-6-12(3)13(9-14)15-8-5-7-11(2)10-15/h11-13H,4-10,14H2,1-3H3. The first-order chi connectivity index (χ1) is 7.19. The molecule has 0 aromatic heterocycles. The largest absolute Gasteiger partial charge is 0.329 e. The summed E-state index contributed by atoms with van der Waals surface area (Å²) in [6, 6.07) is 0.618. The molecule has 1 saturated heterocycles. The van der Waals surface area contributed by atoms with E-state index in [9.17, 15) is 0 Å². The molecule has 0 aliphatic carbocycles. The molecule has 15 heavy (non-hydrogen) atoms. The maximum Gasteiger partial charge on any atom is 0.0244 e. The van der Waals surface area contributed by atoms with Gasteiger partial charge in [-0.15, -0.1) is 0 Å². The Morgan fingerprint density at radius 2 is 2.20 bits per heavy atom. The lowest BCUT2D eigenvalue weighted by Crippen LogP contribution is -2.48. The maximum absolute atomic E-state index is 5.94. The molecule has 0 bridgehead atoms. The highest BCUT2D eigenvalue weighted by molar-refractivity contribution is 4.81. The van der Waals surface area contributed by atoms with Crippen LogP contribution < -0.4 is 5.73 Å². The summed E-state index contributed by atoms with van der Waals surface area (Å²) in [4.78, 5) is 2.63. The fourth-order valence-electron chi connectivity index (χ4n) is 2.92. The Hall–Kier alpha value is -0.0800. The lowest BCUT2D eigenvalue weighted by molar-refractivity contribution is 0.0974. The molecule has 2 N–H and O–H groups in total. The van der Waals surface area contributed by atoms with Gasteiger partial charge in [0.05, 0.1) is 0 Å². The first-order valence-electron chi connectivity index (χ1n) is 6.63. The third-order valence-electron chi connectivity index (χ3n) is 3.80. The number of hydrogen-bond donors (Lipinski definition) is 1. The zero-order valence-corrected chi connectivity index (χ0v) is 10.7. The lowest BCUT2D eigenvalue weighted by atomic mass is 9.91. The van der Waals surface area contributed by atoms with Crippen LogP contribution >= 0.6 is 0 Å². The second kappa shape index (κ2) is 6.49. The van der Waals surface area contributed by atoms with Crippen molar-refractivity contribution < 1.29 is 0 Å². The maximum atomic E-state index is 5.94. The van der Waals surface area contributed by atoms with E-state index in [4.69, 9.17) is 5.73 Å². The molecular formula is C13H28N2. The van der Waals surface area contributed by atoms with Crippen molar-refractivity contribution in [1.29, 1.82) is 0 Å². The van der Waals surface area contributed by atoms with Gasteiger partial charge in [-0.1, -0.05) is 27.2 Å². The lowest BCUT2D eigenvalue weighted by Gasteiger charge is -2.39. The molecule has 0 aromatic rings. The number of rotatable bonds is 5. The van der Waals surface area contributed by atoms with Crippen LogP contribution in [0.5, 0.6) is 0 Å². The van der Waals surface area contributed by atoms with E-state index < -0.39 is 0 Å². The molecule has 0 saturated carbocycles. The summed E-state index contributed by atoms with van der Waals surface area (Å²) < 4.78 is 0. The molecule has 1 aliphatic heterocycles. The van der Waals surface area contributed by atoms with E-state index in [1.807, 2.05) is 0 Å². The summed E-state index contributed by atoms with van der Waals surface area (Å²) in [6.45, 7) is 10.3. The summed E-state index contributed by atoms with van der Waals surface area (Å²) in [5, 5.41) is 0. The Labute approximate surface area is 95.2 Å². The topological polar surface area (TPSA) is 29.3 Å². The molecule has 90 valence electrons. The molecule has 2 heteroatoms. The van der Waals surface area contributed by atoms with Gasteiger partial charge in [-0.05, 0) is 37.6 Å². The molecule has 0 amide bonds. The molecule has 1 fully saturated rings. The van der Waals surface area contributed by atoms with Crippen LogP contribution in [0.25, 0.3) is 0 Å². The van der Waals surface area contributed by atoms with Gasteiger partial charge in [0.15, 0.2) is 0 Å². The van der Waals surface area contributed by atoms with Gasteiger partial charge in [-0.3, -0.25) is 4.90 Å². The van der Waals surface area contributed by atoms with E-state index in [0.29, 0.717) is 6.04 Å². The third-order valence-corrected chi connectivity index (χ3v) is 3.80. The van der Waals surface area contributed by atoms with Gasteiger partial charge in [-0.25, -0.2) is 0 Å². The fraction of sp³-hybridized carbons (Fsp3) is 1.00. The first-order valence-corrected chi connectivity index (χ1v) is 6.63. The summed E-state index contributed by atoms with van der Waals surface area (Å²) in [5.41, 5.74) is 5.94. The van der Waals surface area contributed by atoms with Crippen LogP contribution in [0.15, 0.2) is 0 Å². The summed E-state index contributed by atoms with van der Waals surface area (Å²) >= 11 is 0. The molecule has 0 spiro atoms. The highest BCUT2D eigenvalue weighted by Gasteiger charge is 2.26. The van der Waals surface area contributed by atoms with Crippen LogP contribution in [-0.4, -0.2) is 30.6 Å². The van der Waals surface area contributed by atoms with Crippen LogP contribution in [0, 0.1) is 11.8 Å². The van der Waals surface area contributed by atoms with E-state index in [-0.39, 0.29) is 0 Å². The monoisotopic (exact) mass is 212 g/mol. The molecule has 1 heterocycles. The van der Waals surface area contributed by atoms with Crippen molar-refractivity contribution in [2.24, 2.45) is 17.6 Å². The van der Waals surface area contributed by atoms with Crippen molar-refractivity contribution in [3.05, 3.63) is 0 Å². The smallest absolute Gasteiger partial charge is 0.0244 e. The van der Waals surface area contributed by atoms with Crippen molar-refractivity contribution in [2.45, 2.75) is 52.5 Å². The second-order valence-corrected chi connectivity index (χ2v) is 5.31. The normalized spacial score (nSPS) is 27.6. The van der Waals surface area contributed by atoms with Crippen molar-refractivity contribution in [3.63, 3.8) is 0 Å². The van der Waals surface area contributed by atoms with Crippen molar-refractivity contribution >= 4 is 0 Å². The van der Waals surface area contributed by atoms with E-state index >= 15 is 0 Å². The zero-order chi connectivity index (χ0) is 11.3. The van der Waals surface area contributed by atoms with Crippen LogP contribution in [0.3, 0.4) is 0 Å². The Morgan fingerprint density at radius 1 is 1.47 bits per heavy atom. The van der Waals surface area contributed by atoms with E-state index in [0.717, 1.165) is 18.4 Å². The molecule has 1 rings (SSSR count). The quantitative estimate of drug-likeness (QED) is 0.758. The summed E-state index contributed by atoms with van der Waals surface area (Å²) in [5.74, 6) is 1.62. The number of nitrogens with two attached hydrogens (primary N) is 1. The highest BCUT2D eigenvalue weighted by atomic mass is 15.2. The van der Waals surface area contributed by atoms with Gasteiger partial charge >= 0.3 is 0 Å². The van der Waals surface area contributed by atoms with Crippen LogP contribution in [0.1, 0.15) is 46.5 Å². The van der Waals surface area contributed by atoms with Crippen LogP contribution in [-0.2, 0) is 0 Å². The van der Waals surface area contributed by atoms with Gasteiger partial charge < -0.3 is 5.73 Å². The number of nitrogens with zero attached hydrogens (tertiary/aromatic N) is 1. The summed E-state index contributed by atoms with van der Waals surface area (Å²) in [6.07, 6.45) is 5.35. The summed E-state index contributed by atoms with van der Waals surface area (Å²) in [7, 11) is 0. The van der Waals surface area contributed by atoms with E-state index in [1.165, 1.54) is 38.8 Å². The highest BCUT2D eigenvalue weighted by Crippen LogP contribution is 2.22. The van der Waals surface area contributed by atoms with Crippen LogP contribution in [0.4, 0.5) is 0 Å². The third kappa shape index (κ3) is 3.76. The molecule has 2 nitrogen and oxygen atoms in total. The van der Waals surface area contributed by atoms with Gasteiger partial charge in [0.25, 0.3) is 0 Å². The molecule has 0 aromatic carbocycles. The average Bonchev–Trinajstić information content (AvgIpc) is 2.19. The average molecular weight is 212 g/mol. The predicted molar refractivity (Wildman–Crippen MR) is 66.9 cm³/mol.